The van der Waals surface area contributed by atoms with Crippen LogP contribution in [0.25, 0.3) is 0 Å². The van der Waals surface area contributed by atoms with Gasteiger partial charge in [0.25, 0.3) is 0 Å². The number of hydrogen-bond donors (Lipinski definition) is 0. The Kier molecular flexibility index (Phi) is 10.9. The molecule has 0 aliphatic heterocycles. The van der Waals surface area contributed by atoms with Gasteiger partial charge in [-0.3, -0.25) is 0 Å². The molecule has 32 heavy (non-hydrogen) atoms. The predicted octanol–water partition coefficient (Wildman–Crippen LogP) is 7.66. The summed E-state index contributed by atoms with van der Waals surface area (Å²) in [6, 6.07) is 20.6. The van der Waals surface area contributed by atoms with E-state index < -0.39 is 8.32 Å². The Balaban J connectivity index is 1.82. The third-order valence-electron chi connectivity index (χ3n) is 5.88. The van der Waals surface area contributed by atoms with Gasteiger partial charge in [0.05, 0.1) is 25.6 Å². The van der Waals surface area contributed by atoms with Gasteiger partial charge in [0.15, 0.2) is 0 Å². The molecule has 4 heteroatoms. The second-order valence-corrected chi connectivity index (χ2v) is 14.4. The fraction of sp³-hybridized carbons (Fsp3) is 0.429. The van der Waals surface area contributed by atoms with E-state index in [1.807, 2.05) is 54.8 Å². The van der Waals surface area contributed by atoms with Gasteiger partial charge >= 0.3 is 0 Å². The second kappa shape index (κ2) is 13.4. The van der Waals surface area contributed by atoms with Gasteiger partial charge in [0.1, 0.15) is 0 Å². The van der Waals surface area contributed by atoms with Crippen LogP contribution in [0, 0.1) is 0 Å². The number of benzene rings is 2. The summed E-state index contributed by atoms with van der Waals surface area (Å²) >= 11 is 0. The first-order valence-corrected chi connectivity index (χ1v) is 14.5. The Bertz CT molecular complexity index is 808. The van der Waals surface area contributed by atoms with Gasteiger partial charge < -0.3 is 13.9 Å². The molecule has 3 nitrogen and oxygen atoms in total. The Morgan fingerprint density at radius 2 is 1.44 bits per heavy atom. The summed E-state index contributed by atoms with van der Waals surface area (Å²) in [5, 5.41) is 0.197. The quantitative estimate of drug-likeness (QED) is 0.135. The van der Waals surface area contributed by atoms with Gasteiger partial charge in [0, 0.05) is 6.61 Å². The van der Waals surface area contributed by atoms with Crippen LogP contribution < -0.4 is 0 Å². The molecular formula is C28H40O3Si. The summed E-state index contributed by atoms with van der Waals surface area (Å²) in [7, 11) is -1.77. The van der Waals surface area contributed by atoms with Crippen molar-refractivity contribution in [3.63, 3.8) is 0 Å². The molecule has 0 aromatic heterocycles. The van der Waals surface area contributed by atoms with Crippen molar-refractivity contribution >= 4 is 8.32 Å². The third kappa shape index (κ3) is 9.99. The van der Waals surface area contributed by atoms with Gasteiger partial charge in [0.2, 0.25) is 8.32 Å². The normalized spacial score (nSPS) is 13.7. The minimum atomic E-state index is -1.77. The lowest BCUT2D eigenvalue weighted by Crippen LogP contribution is -2.39. The highest BCUT2D eigenvalue weighted by molar-refractivity contribution is 6.74. The molecular weight excluding hydrogens is 412 g/mol. The molecule has 0 radical (unpaired) electrons. The highest BCUT2D eigenvalue weighted by Gasteiger charge is 2.37. The fourth-order valence-corrected chi connectivity index (χ4v) is 3.56. The van der Waals surface area contributed by atoms with Crippen LogP contribution in [0.1, 0.15) is 44.7 Å². The van der Waals surface area contributed by atoms with E-state index in [1.165, 1.54) is 11.1 Å². The number of rotatable bonds is 13. The smallest absolute Gasteiger partial charge is 0.249 e. The lowest BCUT2D eigenvalue weighted by atomic mass is 10.1. The van der Waals surface area contributed by atoms with Crippen LogP contribution in [0.3, 0.4) is 0 Å². The molecule has 0 spiro atoms. The van der Waals surface area contributed by atoms with E-state index in [0.29, 0.717) is 13.2 Å². The molecule has 0 aliphatic rings. The molecule has 0 amide bonds. The van der Waals surface area contributed by atoms with Crippen molar-refractivity contribution in [1.29, 1.82) is 0 Å². The largest absolute Gasteiger partial charge is 0.549 e. The van der Waals surface area contributed by atoms with Crippen LogP contribution in [0.4, 0.5) is 0 Å². The molecule has 0 saturated carbocycles. The molecule has 0 heterocycles. The SMILES string of the molecule is CC(C)(C)[Si](C)(C)O/C=C/C=C/C(CCCOCc1ccccc1)OCc1ccccc1. The molecule has 0 N–H and O–H groups in total. The zero-order chi connectivity index (χ0) is 23.3. The fourth-order valence-electron chi connectivity index (χ4n) is 2.78. The molecule has 174 valence electrons. The van der Waals surface area contributed by atoms with Gasteiger partial charge in [-0.2, -0.15) is 0 Å². The van der Waals surface area contributed by atoms with Crippen molar-refractivity contribution in [2.45, 2.75) is 71.1 Å². The monoisotopic (exact) mass is 452 g/mol. The molecule has 0 fully saturated rings. The van der Waals surface area contributed by atoms with E-state index in [-0.39, 0.29) is 11.1 Å². The maximum Gasteiger partial charge on any atom is 0.249 e. The molecule has 0 saturated heterocycles. The minimum absolute atomic E-state index is 0.0352. The van der Waals surface area contributed by atoms with Crippen LogP contribution in [-0.4, -0.2) is 21.0 Å². The Hall–Kier alpha value is -2.14. The van der Waals surface area contributed by atoms with Crippen molar-refractivity contribution in [3.05, 3.63) is 96.3 Å². The lowest BCUT2D eigenvalue weighted by molar-refractivity contribution is 0.0526. The molecule has 0 aliphatic carbocycles. The van der Waals surface area contributed by atoms with Gasteiger partial charge in [-0.15, -0.1) is 0 Å². The van der Waals surface area contributed by atoms with E-state index in [2.05, 4.69) is 64.2 Å². The van der Waals surface area contributed by atoms with Crippen molar-refractivity contribution in [2.24, 2.45) is 0 Å². The van der Waals surface area contributed by atoms with E-state index >= 15 is 0 Å². The number of ether oxygens (including phenoxy) is 2. The van der Waals surface area contributed by atoms with Crippen molar-refractivity contribution < 1.29 is 13.9 Å². The van der Waals surface area contributed by atoms with Gasteiger partial charge in [-0.05, 0) is 48.2 Å². The third-order valence-corrected chi connectivity index (χ3v) is 10.2. The summed E-state index contributed by atoms with van der Waals surface area (Å²) in [5.41, 5.74) is 2.39. The predicted molar refractivity (Wildman–Crippen MR) is 137 cm³/mol. The Morgan fingerprint density at radius 3 is 2.03 bits per heavy atom. The topological polar surface area (TPSA) is 27.7 Å². The second-order valence-electron chi connectivity index (χ2n) is 9.61. The molecule has 0 bridgehead atoms. The summed E-state index contributed by atoms with van der Waals surface area (Å²) in [5.74, 6) is 0. The van der Waals surface area contributed by atoms with Crippen LogP contribution >= 0.6 is 0 Å². The Morgan fingerprint density at radius 1 is 0.844 bits per heavy atom. The zero-order valence-corrected chi connectivity index (χ0v) is 21.4. The van der Waals surface area contributed by atoms with E-state index in [0.717, 1.165) is 19.4 Å². The summed E-state index contributed by atoms with van der Waals surface area (Å²) in [4.78, 5) is 0. The first-order chi connectivity index (χ1) is 15.3. The Labute approximate surface area is 196 Å². The van der Waals surface area contributed by atoms with Crippen LogP contribution in [-0.2, 0) is 27.1 Å². The van der Waals surface area contributed by atoms with Gasteiger partial charge in [-0.25, -0.2) is 0 Å². The standard InChI is InChI=1S/C28H40O3Si/c1-28(2,3)32(4,5)31-22-13-12-19-27(30-24-26-17-10-7-11-18-26)20-14-21-29-23-25-15-8-6-9-16-25/h6-13,15-19,22,27H,14,20-21,23-24H2,1-5H3/b19-12+,22-13+. The van der Waals surface area contributed by atoms with E-state index in [1.54, 1.807) is 0 Å². The molecule has 2 aromatic rings. The summed E-state index contributed by atoms with van der Waals surface area (Å²) in [6.07, 6.45) is 9.86. The first-order valence-electron chi connectivity index (χ1n) is 11.6. The molecule has 2 rings (SSSR count). The van der Waals surface area contributed by atoms with Gasteiger partial charge in [-0.1, -0.05) is 93.6 Å². The van der Waals surface area contributed by atoms with Crippen molar-refractivity contribution in [2.75, 3.05) is 6.61 Å². The average molecular weight is 453 g/mol. The number of allylic oxidation sites excluding steroid dienone is 2. The van der Waals surface area contributed by atoms with Crippen LogP contribution in [0.5, 0.6) is 0 Å². The molecule has 1 atom stereocenters. The maximum atomic E-state index is 6.19. The van der Waals surface area contributed by atoms with Crippen molar-refractivity contribution in [3.8, 4) is 0 Å². The minimum Gasteiger partial charge on any atom is -0.549 e. The highest BCUT2D eigenvalue weighted by atomic mass is 28.4. The van der Waals surface area contributed by atoms with E-state index in [4.69, 9.17) is 13.9 Å². The maximum absolute atomic E-state index is 6.19. The lowest BCUT2D eigenvalue weighted by Gasteiger charge is -2.34. The average Bonchev–Trinajstić information content (AvgIpc) is 2.77. The summed E-state index contributed by atoms with van der Waals surface area (Å²) in [6.45, 7) is 13.2. The summed E-state index contributed by atoms with van der Waals surface area (Å²) < 4.78 is 18.1. The highest BCUT2D eigenvalue weighted by Crippen LogP contribution is 2.36. The van der Waals surface area contributed by atoms with E-state index in [9.17, 15) is 0 Å². The zero-order valence-electron chi connectivity index (χ0n) is 20.4. The van der Waals surface area contributed by atoms with Crippen LogP contribution in [0.15, 0.2) is 85.2 Å². The van der Waals surface area contributed by atoms with Crippen LogP contribution in [0.2, 0.25) is 18.1 Å². The molecule has 1 unspecified atom stereocenters. The number of hydrogen-bond acceptors (Lipinski definition) is 3. The van der Waals surface area contributed by atoms with Crippen molar-refractivity contribution in [1.82, 2.24) is 0 Å². The first kappa shape index (κ1) is 26.1. The molecule has 2 aromatic carbocycles.